The van der Waals surface area contributed by atoms with Crippen molar-refractivity contribution in [3.05, 3.63) is 30.5 Å². The number of imide groups is 1. The summed E-state index contributed by atoms with van der Waals surface area (Å²) in [6, 6.07) is 6.68. The molecule has 1 aliphatic heterocycles. The van der Waals surface area contributed by atoms with Gasteiger partial charge in [0.1, 0.15) is 6.04 Å². The molecule has 0 spiro atoms. The number of carbonyl (C=O) groups is 2. The first-order valence-electron chi connectivity index (χ1n) is 6.28. The van der Waals surface area contributed by atoms with Crippen LogP contribution in [0.2, 0.25) is 0 Å². The minimum atomic E-state index is -0.540. The summed E-state index contributed by atoms with van der Waals surface area (Å²) < 4.78 is 0. The summed E-state index contributed by atoms with van der Waals surface area (Å²) in [5.41, 5.74) is 7.94. The number of rotatable bonds is 2. The number of nitrogens with zero attached hydrogens (tertiary/aromatic N) is 2. The summed E-state index contributed by atoms with van der Waals surface area (Å²) in [4.78, 5) is 28.9. The van der Waals surface area contributed by atoms with Crippen LogP contribution in [0.1, 0.15) is 6.42 Å². The van der Waals surface area contributed by atoms with Gasteiger partial charge < -0.3 is 11.1 Å². The Kier molecular flexibility index (Phi) is 2.78. The molecule has 1 aromatic carbocycles. The quantitative estimate of drug-likeness (QED) is 0.627. The van der Waals surface area contributed by atoms with Gasteiger partial charge in [-0.15, -0.1) is 0 Å². The van der Waals surface area contributed by atoms with Gasteiger partial charge in [-0.3, -0.25) is 19.5 Å². The molecule has 1 unspecified atom stereocenters. The second-order valence-corrected chi connectivity index (χ2v) is 4.79. The number of anilines is 2. The molecule has 3 N–H and O–H groups in total. The molecule has 1 saturated heterocycles. The third-order valence-corrected chi connectivity index (χ3v) is 3.51. The lowest BCUT2D eigenvalue weighted by molar-refractivity contribution is -0.136. The number of likely N-dealkylation sites (tertiary alicyclic amines) is 1. The van der Waals surface area contributed by atoms with Gasteiger partial charge in [-0.2, -0.15) is 0 Å². The molecule has 0 aliphatic carbocycles. The predicted molar refractivity (Wildman–Crippen MR) is 76.0 cm³/mol. The molecule has 1 atom stereocenters. The Morgan fingerprint density at radius 1 is 1.35 bits per heavy atom. The highest BCUT2D eigenvalue weighted by molar-refractivity contribution is 6.07. The Balaban J connectivity index is 1.98. The molecule has 1 aliphatic rings. The van der Waals surface area contributed by atoms with Crippen LogP contribution < -0.4 is 11.1 Å². The van der Waals surface area contributed by atoms with E-state index in [1.165, 1.54) is 7.05 Å². The smallest absolute Gasteiger partial charge is 0.251 e. The number of amides is 2. The van der Waals surface area contributed by atoms with Crippen molar-refractivity contribution in [2.45, 2.75) is 12.5 Å². The van der Waals surface area contributed by atoms with Crippen LogP contribution in [0.4, 0.5) is 11.4 Å². The van der Waals surface area contributed by atoms with Gasteiger partial charge in [0.05, 0.1) is 17.6 Å². The highest BCUT2D eigenvalue weighted by atomic mass is 16.2. The van der Waals surface area contributed by atoms with Gasteiger partial charge in [-0.1, -0.05) is 0 Å². The van der Waals surface area contributed by atoms with E-state index >= 15 is 0 Å². The van der Waals surface area contributed by atoms with Crippen LogP contribution in [0.15, 0.2) is 30.5 Å². The van der Waals surface area contributed by atoms with E-state index < -0.39 is 6.04 Å². The third-order valence-electron chi connectivity index (χ3n) is 3.51. The second-order valence-electron chi connectivity index (χ2n) is 4.79. The highest BCUT2D eigenvalue weighted by Crippen LogP contribution is 2.28. The van der Waals surface area contributed by atoms with Gasteiger partial charge in [-0.05, 0) is 24.3 Å². The summed E-state index contributed by atoms with van der Waals surface area (Å²) in [5.74, 6) is -0.406. The Bertz CT molecular complexity index is 713. The molecule has 20 heavy (non-hydrogen) atoms. The lowest BCUT2D eigenvalue weighted by Crippen LogP contribution is -2.31. The van der Waals surface area contributed by atoms with Crippen molar-refractivity contribution in [3.8, 4) is 0 Å². The van der Waals surface area contributed by atoms with Crippen LogP contribution in [0.5, 0.6) is 0 Å². The zero-order valence-corrected chi connectivity index (χ0v) is 11.0. The van der Waals surface area contributed by atoms with Crippen molar-refractivity contribution >= 4 is 34.1 Å². The topological polar surface area (TPSA) is 88.3 Å². The normalized spacial score (nSPS) is 18.9. The maximum absolute atomic E-state index is 11.9. The molecule has 1 aromatic heterocycles. The fraction of sp³-hybridized carbons (Fsp3) is 0.214. The summed E-state index contributed by atoms with van der Waals surface area (Å²) in [5, 5.41) is 3.91. The van der Waals surface area contributed by atoms with Crippen molar-refractivity contribution in [3.63, 3.8) is 0 Å². The molecule has 0 saturated carbocycles. The zero-order chi connectivity index (χ0) is 14.3. The monoisotopic (exact) mass is 270 g/mol. The molecule has 102 valence electrons. The van der Waals surface area contributed by atoms with Crippen LogP contribution in [0, 0.1) is 0 Å². The number of pyridine rings is 1. The number of aromatic nitrogens is 1. The fourth-order valence-electron chi connectivity index (χ4n) is 2.37. The Morgan fingerprint density at radius 2 is 2.15 bits per heavy atom. The number of nitrogens with one attached hydrogen (secondary N) is 1. The van der Waals surface area contributed by atoms with Crippen molar-refractivity contribution in [2.24, 2.45) is 0 Å². The number of benzene rings is 1. The fourth-order valence-corrected chi connectivity index (χ4v) is 2.37. The largest absolute Gasteiger partial charge is 0.398 e. The molecular formula is C14H14N4O2. The number of hydrogen-bond donors (Lipinski definition) is 2. The van der Waals surface area contributed by atoms with Crippen molar-refractivity contribution in [1.82, 2.24) is 9.88 Å². The lowest BCUT2D eigenvalue weighted by atomic mass is 10.1. The average molecular weight is 270 g/mol. The maximum atomic E-state index is 11.9. The number of nitrogen functional groups attached to an aromatic ring is 1. The average Bonchev–Trinajstić information content (AvgIpc) is 2.70. The van der Waals surface area contributed by atoms with E-state index in [1.807, 2.05) is 6.07 Å². The van der Waals surface area contributed by atoms with Crippen LogP contribution in [-0.2, 0) is 9.59 Å². The van der Waals surface area contributed by atoms with Crippen LogP contribution in [0.25, 0.3) is 10.9 Å². The molecule has 2 amide bonds. The molecule has 1 fully saturated rings. The number of hydrogen-bond acceptors (Lipinski definition) is 5. The minimum absolute atomic E-state index is 0.161. The Hall–Kier alpha value is -2.63. The van der Waals surface area contributed by atoms with E-state index in [0.29, 0.717) is 16.9 Å². The number of nitrogens with two attached hydrogens (primary N) is 1. The molecule has 6 heteroatoms. The first-order chi connectivity index (χ1) is 9.58. The van der Waals surface area contributed by atoms with Crippen LogP contribution >= 0.6 is 0 Å². The molecule has 3 rings (SSSR count). The van der Waals surface area contributed by atoms with Crippen molar-refractivity contribution in [1.29, 1.82) is 0 Å². The Labute approximate surface area is 115 Å². The molecule has 0 radical (unpaired) electrons. The second kappa shape index (κ2) is 4.48. The molecule has 0 bridgehead atoms. The number of carbonyl (C=O) groups excluding carboxylic acids is 2. The van der Waals surface area contributed by atoms with Crippen LogP contribution in [0.3, 0.4) is 0 Å². The van der Waals surface area contributed by atoms with Crippen molar-refractivity contribution < 1.29 is 9.59 Å². The number of likely N-dealkylation sites (N-methyl/N-ethyl adjacent to an activating group) is 1. The van der Waals surface area contributed by atoms with E-state index in [9.17, 15) is 9.59 Å². The van der Waals surface area contributed by atoms with Gasteiger partial charge in [0, 0.05) is 24.3 Å². The predicted octanol–water partition coefficient (Wildman–Crippen LogP) is 0.986. The summed E-state index contributed by atoms with van der Waals surface area (Å²) in [6.07, 6.45) is 1.83. The summed E-state index contributed by atoms with van der Waals surface area (Å²) >= 11 is 0. The van der Waals surface area contributed by atoms with Gasteiger partial charge in [0.2, 0.25) is 5.91 Å². The standard InChI is InChI=1S/C14H14N4O2/c1-18-12(19)7-11(14(18)20)17-10-5-4-9(15)8-3-2-6-16-13(8)10/h2-6,11,17H,7,15H2,1H3. The van der Waals surface area contributed by atoms with E-state index in [2.05, 4.69) is 10.3 Å². The third kappa shape index (κ3) is 1.85. The molecule has 6 nitrogen and oxygen atoms in total. The molecular weight excluding hydrogens is 256 g/mol. The highest BCUT2D eigenvalue weighted by Gasteiger charge is 2.36. The first-order valence-corrected chi connectivity index (χ1v) is 6.28. The van der Waals surface area contributed by atoms with E-state index in [1.54, 1.807) is 24.4 Å². The van der Waals surface area contributed by atoms with Gasteiger partial charge >= 0.3 is 0 Å². The molecule has 2 aromatic rings. The number of fused-ring (bicyclic) bond motifs is 1. The van der Waals surface area contributed by atoms with Gasteiger partial charge in [0.15, 0.2) is 0 Å². The van der Waals surface area contributed by atoms with Crippen LogP contribution in [-0.4, -0.2) is 34.8 Å². The molecule has 2 heterocycles. The van der Waals surface area contributed by atoms with E-state index in [0.717, 1.165) is 10.3 Å². The van der Waals surface area contributed by atoms with E-state index in [4.69, 9.17) is 5.73 Å². The lowest BCUT2D eigenvalue weighted by Gasteiger charge is -2.14. The maximum Gasteiger partial charge on any atom is 0.251 e. The zero-order valence-electron chi connectivity index (χ0n) is 11.0. The first kappa shape index (κ1) is 12.4. The van der Waals surface area contributed by atoms with E-state index in [-0.39, 0.29) is 18.2 Å². The van der Waals surface area contributed by atoms with Crippen molar-refractivity contribution in [2.75, 3.05) is 18.1 Å². The Morgan fingerprint density at radius 3 is 2.85 bits per heavy atom. The summed E-state index contributed by atoms with van der Waals surface area (Å²) in [6.45, 7) is 0. The van der Waals surface area contributed by atoms with Gasteiger partial charge in [-0.25, -0.2) is 0 Å². The minimum Gasteiger partial charge on any atom is -0.398 e. The summed E-state index contributed by atoms with van der Waals surface area (Å²) in [7, 11) is 1.49. The SMILES string of the molecule is CN1C(=O)CC(Nc2ccc(N)c3cccnc23)C1=O. The van der Waals surface area contributed by atoms with Gasteiger partial charge in [0.25, 0.3) is 5.91 Å².